The van der Waals surface area contributed by atoms with Crippen LogP contribution in [0.5, 0.6) is 0 Å². The summed E-state index contributed by atoms with van der Waals surface area (Å²) in [7, 11) is 0. The molecule has 0 unspecified atom stereocenters. The summed E-state index contributed by atoms with van der Waals surface area (Å²) >= 11 is 0. The van der Waals surface area contributed by atoms with E-state index in [2.05, 4.69) is 44.6 Å². The minimum atomic E-state index is 0.573. The molecule has 1 aliphatic rings. The van der Waals surface area contributed by atoms with Gasteiger partial charge in [-0.25, -0.2) is 4.98 Å². The number of rotatable bonds is 4. The van der Waals surface area contributed by atoms with Gasteiger partial charge in [0.05, 0.1) is 24.1 Å². The third-order valence-electron chi connectivity index (χ3n) is 4.11. The highest BCUT2D eigenvalue weighted by molar-refractivity contribution is 5.83. The quantitative estimate of drug-likeness (QED) is 0.789. The van der Waals surface area contributed by atoms with Crippen molar-refractivity contribution in [2.24, 2.45) is 5.73 Å². The topological polar surface area (TPSA) is 48.8 Å². The normalized spacial score (nSPS) is 15.1. The monoisotopic (exact) mass is 266 g/mol. The van der Waals surface area contributed by atoms with E-state index in [-0.39, 0.29) is 0 Å². The van der Waals surface area contributed by atoms with Crippen LogP contribution in [0.15, 0.2) is 43.0 Å². The van der Waals surface area contributed by atoms with E-state index >= 15 is 0 Å². The van der Waals surface area contributed by atoms with Crippen LogP contribution in [0.1, 0.15) is 30.1 Å². The molecule has 1 saturated carbocycles. The molecular formula is C16H18N4. The number of fused-ring (bicyclic) bond motifs is 1. The van der Waals surface area contributed by atoms with Crippen LogP contribution in [-0.2, 0) is 13.1 Å². The largest absolute Gasteiger partial charge is 0.341 e. The summed E-state index contributed by atoms with van der Waals surface area (Å²) in [6.45, 7) is 1.43. The van der Waals surface area contributed by atoms with Gasteiger partial charge in [0, 0.05) is 25.0 Å². The van der Waals surface area contributed by atoms with Crippen LogP contribution in [0.3, 0.4) is 0 Å². The average molecular weight is 266 g/mol. The maximum absolute atomic E-state index is 5.87. The zero-order valence-electron chi connectivity index (χ0n) is 11.4. The van der Waals surface area contributed by atoms with E-state index in [1.807, 2.05) is 12.5 Å². The van der Waals surface area contributed by atoms with Gasteiger partial charge in [-0.05, 0) is 29.9 Å². The molecule has 4 heteroatoms. The van der Waals surface area contributed by atoms with Gasteiger partial charge in [-0.1, -0.05) is 18.2 Å². The number of hydrogen-bond donors (Lipinski definition) is 1. The Morgan fingerprint density at radius 2 is 2.15 bits per heavy atom. The van der Waals surface area contributed by atoms with Crippen LogP contribution in [-0.4, -0.2) is 14.1 Å². The molecule has 4 rings (SSSR count). The van der Waals surface area contributed by atoms with Crippen molar-refractivity contribution in [3.63, 3.8) is 0 Å². The SMILES string of the molecule is NCc1cccc2ccn(Cc3cncn3C3CC3)c12. The Labute approximate surface area is 117 Å². The van der Waals surface area contributed by atoms with E-state index < -0.39 is 0 Å². The number of para-hydroxylation sites is 1. The molecule has 0 spiro atoms. The molecule has 0 aliphatic heterocycles. The van der Waals surface area contributed by atoms with Gasteiger partial charge in [0.25, 0.3) is 0 Å². The van der Waals surface area contributed by atoms with Gasteiger partial charge in [-0.2, -0.15) is 0 Å². The Kier molecular flexibility index (Phi) is 2.63. The van der Waals surface area contributed by atoms with E-state index in [1.54, 1.807) is 0 Å². The highest BCUT2D eigenvalue weighted by Gasteiger charge is 2.25. The second kappa shape index (κ2) is 4.49. The second-order valence-electron chi connectivity index (χ2n) is 5.53. The molecule has 0 atom stereocenters. The summed E-state index contributed by atoms with van der Waals surface area (Å²) < 4.78 is 4.60. The number of benzene rings is 1. The summed E-state index contributed by atoms with van der Waals surface area (Å²) in [5.74, 6) is 0. The molecule has 1 aromatic carbocycles. The van der Waals surface area contributed by atoms with E-state index in [1.165, 1.54) is 35.0 Å². The zero-order valence-corrected chi connectivity index (χ0v) is 11.4. The van der Waals surface area contributed by atoms with Crippen LogP contribution in [0.2, 0.25) is 0 Å². The smallest absolute Gasteiger partial charge is 0.0951 e. The molecule has 0 amide bonds. The first-order valence-electron chi connectivity index (χ1n) is 7.14. The summed E-state index contributed by atoms with van der Waals surface area (Å²) in [5.41, 5.74) is 9.60. The molecule has 0 radical (unpaired) electrons. The molecule has 0 saturated heterocycles. The van der Waals surface area contributed by atoms with Crippen molar-refractivity contribution in [2.45, 2.75) is 32.0 Å². The third kappa shape index (κ3) is 1.84. The molecule has 2 aromatic heterocycles. The molecule has 102 valence electrons. The number of imidazole rings is 1. The number of aromatic nitrogens is 3. The molecule has 1 fully saturated rings. The molecule has 0 bridgehead atoms. The third-order valence-corrected chi connectivity index (χ3v) is 4.11. The second-order valence-corrected chi connectivity index (χ2v) is 5.53. The fraction of sp³-hybridized carbons (Fsp3) is 0.312. The minimum absolute atomic E-state index is 0.573. The predicted molar refractivity (Wildman–Crippen MR) is 79.4 cm³/mol. The van der Waals surface area contributed by atoms with Crippen molar-refractivity contribution in [2.75, 3.05) is 0 Å². The molecule has 3 aromatic rings. The van der Waals surface area contributed by atoms with E-state index in [9.17, 15) is 0 Å². The fourth-order valence-corrected chi connectivity index (χ4v) is 2.95. The Hall–Kier alpha value is -2.07. The van der Waals surface area contributed by atoms with Crippen molar-refractivity contribution < 1.29 is 0 Å². The molecule has 2 N–H and O–H groups in total. The fourth-order valence-electron chi connectivity index (χ4n) is 2.95. The number of hydrogen-bond acceptors (Lipinski definition) is 2. The first kappa shape index (κ1) is 11.7. The summed E-state index contributed by atoms with van der Waals surface area (Å²) in [5, 5.41) is 1.26. The molecular weight excluding hydrogens is 248 g/mol. The van der Waals surface area contributed by atoms with Gasteiger partial charge in [-0.15, -0.1) is 0 Å². The Balaban J connectivity index is 1.76. The first-order chi connectivity index (χ1) is 9.86. The Bertz CT molecular complexity index is 749. The van der Waals surface area contributed by atoms with E-state index in [0.29, 0.717) is 12.6 Å². The lowest BCUT2D eigenvalue weighted by Gasteiger charge is -2.11. The van der Waals surface area contributed by atoms with Crippen LogP contribution in [0.4, 0.5) is 0 Å². The van der Waals surface area contributed by atoms with Gasteiger partial charge in [-0.3, -0.25) is 0 Å². The Morgan fingerprint density at radius 3 is 2.95 bits per heavy atom. The number of nitrogens with two attached hydrogens (primary N) is 1. The van der Waals surface area contributed by atoms with Gasteiger partial charge in [0.2, 0.25) is 0 Å². The maximum Gasteiger partial charge on any atom is 0.0951 e. The first-order valence-corrected chi connectivity index (χ1v) is 7.14. The summed E-state index contributed by atoms with van der Waals surface area (Å²) in [6.07, 6.45) is 8.65. The molecule has 4 nitrogen and oxygen atoms in total. The maximum atomic E-state index is 5.87. The van der Waals surface area contributed by atoms with Gasteiger partial charge < -0.3 is 14.9 Å². The van der Waals surface area contributed by atoms with Crippen LogP contribution >= 0.6 is 0 Å². The molecule has 1 aliphatic carbocycles. The van der Waals surface area contributed by atoms with Crippen LogP contribution < -0.4 is 5.73 Å². The molecule has 2 heterocycles. The van der Waals surface area contributed by atoms with Crippen molar-refractivity contribution in [1.29, 1.82) is 0 Å². The molecule has 20 heavy (non-hydrogen) atoms. The Morgan fingerprint density at radius 1 is 1.25 bits per heavy atom. The highest BCUT2D eigenvalue weighted by Crippen LogP contribution is 2.36. The van der Waals surface area contributed by atoms with Crippen molar-refractivity contribution >= 4 is 10.9 Å². The number of nitrogens with zero attached hydrogens (tertiary/aromatic N) is 3. The standard InChI is InChI=1S/C16H18N4/c17-8-13-3-1-2-12-6-7-19(16(12)13)10-15-9-18-11-20(15)14-4-5-14/h1-3,6-7,9,11,14H,4-5,8,10,17H2. The minimum Gasteiger partial charge on any atom is -0.341 e. The van der Waals surface area contributed by atoms with Gasteiger partial charge >= 0.3 is 0 Å². The lowest BCUT2D eigenvalue weighted by molar-refractivity contribution is 0.664. The van der Waals surface area contributed by atoms with Gasteiger partial charge in [0.15, 0.2) is 0 Å². The van der Waals surface area contributed by atoms with Crippen LogP contribution in [0.25, 0.3) is 10.9 Å². The van der Waals surface area contributed by atoms with Crippen molar-refractivity contribution in [3.05, 3.63) is 54.2 Å². The van der Waals surface area contributed by atoms with Crippen molar-refractivity contribution in [3.8, 4) is 0 Å². The highest BCUT2D eigenvalue weighted by atomic mass is 15.1. The average Bonchev–Trinajstić information content (AvgIpc) is 3.08. The summed E-state index contributed by atoms with van der Waals surface area (Å²) in [4.78, 5) is 4.31. The lowest BCUT2D eigenvalue weighted by Crippen LogP contribution is -2.07. The zero-order chi connectivity index (χ0) is 13.5. The van der Waals surface area contributed by atoms with Gasteiger partial charge in [0.1, 0.15) is 0 Å². The lowest BCUT2D eigenvalue weighted by atomic mass is 10.1. The van der Waals surface area contributed by atoms with Crippen molar-refractivity contribution in [1.82, 2.24) is 14.1 Å². The van der Waals surface area contributed by atoms with E-state index in [4.69, 9.17) is 5.73 Å². The van der Waals surface area contributed by atoms with E-state index in [0.717, 1.165) is 6.54 Å². The summed E-state index contributed by atoms with van der Waals surface area (Å²) in [6, 6.07) is 9.15. The predicted octanol–water partition coefficient (Wildman–Crippen LogP) is 2.68. The van der Waals surface area contributed by atoms with Crippen LogP contribution in [0, 0.1) is 0 Å².